The Morgan fingerprint density at radius 1 is 0.757 bits per heavy atom. The van der Waals surface area contributed by atoms with Gasteiger partial charge in [-0.2, -0.15) is 0 Å². The molecule has 0 saturated heterocycles. The van der Waals surface area contributed by atoms with E-state index in [1.54, 1.807) is 30.3 Å². The van der Waals surface area contributed by atoms with Gasteiger partial charge in [0.2, 0.25) is 29.5 Å². The summed E-state index contributed by atoms with van der Waals surface area (Å²) in [4.78, 5) is 72.9. The number of rotatable bonds is 17. The zero-order valence-corrected chi connectivity index (χ0v) is 20.4. The van der Waals surface area contributed by atoms with Crippen molar-refractivity contribution >= 4 is 35.5 Å². The third kappa shape index (κ3) is 12.0. The van der Waals surface area contributed by atoms with Crippen molar-refractivity contribution in [1.29, 1.82) is 0 Å². The van der Waals surface area contributed by atoms with Gasteiger partial charge in [0.15, 0.2) is 0 Å². The lowest BCUT2D eigenvalue weighted by atomic mass is 10.0. The van der Waals surface area contributed by atoms with Crippen molar-refractivity contribution in [2.75, 3.05) is 6.54 Å². The highest BCUT2D eigenvalue weighted by atomic mass is 16.4. The number of carboxylic acids is 1. The van der Waals surface area contributed by atoms with Crippen LogP contribution in [0.3, 0.4) is 0 Å². The molecule has 4 atom stereocenters. The number of primary amides is 2. The van der Waals surface area contributed by atoms with Gasteiger partial charge < -0.3 is 44.0 Å². The number of carbonyl (C=O) groups excluding carboxylic acids is 5. The highest BCUT2D eigenvalue weighted by Gasteiger charge is 2.32. The monoisotopic (exact) mass is 521 g/mol. The largest absolute Gasteiger partial charge is 0.480 e. The van der Waals surface area contributed by atoms with Crippen LogP contribution in [0.25, 0.3) is 0 Å². The minimum Gasteiger partial charge on any atom is -0.480 e. The molecule has 204 valence electrons. The molecule has 0 bridgehead atoms. The van der Waals surface area contributed by atoms with E-state index in [0.29, 0.717) is 24.9 Å². The van der Waals surface area contributed by atoms with Crippen LogP contribution in [0.15, 0.2) is 30.3 Å². The first-order valence-corrected chi connectivity index (χ1v) is 11.6. The summed E-state index contributed by atoms with van der Waals surface area (Å²) in [6, 6.07) is 3.01. The molecule has 1 aromatic rings. The Labute approximate surface area is 213 Å². The third-order valence-electron chi connectivity index (χ3n) is 5.28. The van der Waals surface area contributed by atoms with Gasteiger partial charge in [0.05, 0.1) is 18.9 Å². The zero-order valence-electron chi connectivity index (χ0n) is 20.4. The van der Waals surface area contributed by atoms with Gasteiger partial charge in [-0.3, -0.25) is 24.0 Å². The number of amides is 5. The van der Waals surface area contributed by atoms with Crippen LogP contribution >= 0.6 is 0 Å². The molecule has 0 aromatic heterocycles. The van der Waals surface area contributed by atoms with Crippen LogP contribution in [0.5, 0.6) is 0 Å². The lowest BCUT2D eigenvalue weighted by Crippen LogP contribution is -2.58. The zero-order chi connectivity index (χ0) is 28.0. The molecule has 12 N–H and O–H groups in total. The maximum absolute atomic E-state index is 12.9. The quantitative estimate of drug-likeness (QED) is 0.0968. The van der Waals surface area contributed by atoms with Gasteiger partial charge >= 0.3 is 5.97 Å². The van der Waals surface area contributed by atoms with Crippen LogP contribution in [0, 0.1) is 0 Å². The molecule has 14 nitrogen and oxygen atoms in total. The second-order valence-electron chi connectivity index (χ2n) is 8.44. The first-order valence-electron chi connectivity index (χ1n) is 11.6. The molecule has 0 aliphatic rings. The van der Waals surface area contributed by atoms with Gasteiger partial charge in [0.25, 0.3) is 0 Å². The standard InChI is InChI=1S/C23H35N7O7/c24-9-5-4-8-14(25)20(33)28-15(11-18(26)31)21(34)29-16(12-19(27)32)22(35)30-17(23(36)37)10-13-6-2-1-3-7-13/h1-3,6-7,14-17H,4-5,8-12,24-25H2,(H2,26,31)(H2,27,32)(H,28,33)(H,29,34)(H,30,35)(H,36,37). The summed E-state index contributed by atoms with van der Waals surface area (Å²) in [6.07, 6.45) is 0.110. The average Bonchev–Trinajstić information content (AvgIpc) is 2.82. The molecule has 0 aliphatic carbocycles. The first kappa shape index (κ1) is 31.0. The van der Waals surface area contributed by atoms with E-state index in [-0.39, 0.29) is 12.8 Å². The molecule has 5 amide bonds. The smallest absolute Gasteiger partial charge is 0.326 e. The Balaban J connectivity index is 2.97. The molecule has 0 radical (unpaired) electrons. The highest BCUT2D eigenvalue weighted by Crippen LogP contribution is 2.06. The fraction of sp³-hybridized carbons (Fsp3) is 0.478. The second-order valence-corrected chi connectivity index (χ2v) is 8.44. The minimum absolute atomic E-state index is 0.0679. The SMILES string of the molecule is NCCCCC(N)C(=O)NC(CC(N)=O)C(=O)NC(CC(N)=O)C(=O)NC(Cc1ccccc1)C(=O)O. The van der Waals surface area contributed by atoms with Gasteiger partial charge in [-0.1, -0.05) is 36.8 Å². The third-order valence-corrected chi connectivity index (χ3v) is 5.28. The number of nitrogens with one attached hydrogen (secondary N) is 3. The normalized spacial score (nSPS) is 13.9. The van der Waals surface area contributed by atoms with Crippen molar-refractivity contribution in [3.8, 4) is 0 Å². The van der Waals surface area contributed by atoms with Crippen LogP contribution in [0.2, 0.25) is 0 Å². The van der Waals surface area contributed by atoms with Gasteiger partial charge in [-0.15, -0.1) is 0 Å². The number of hydrogen-bond acceptors (Lipinski definition) is 8. The predicted octanol–water partition coefficient (Wildman–Crippen LogP) is -3.02. The van der Waals surface area contributed by atoms with E-state index in [1.165, 1.54) is 0 Å². The lowest BCUT2D eigenvalue weighted by molar-refractivity contribution is -0.142. The Morgan fingerprint density at radius 2 is 1.24 bits per heavy atom. The van der Waals surface area contributed by atoms with E-state index in [0.717, 1.165) is 0 Å². The Bertz CT molecular complexity index is 958. The average molecular weight is 522 g/mol. The number of carboxylic acid groups (broad SMARTS) is 1. The van der Waals surface area contributed by atoms with E-state index in [2.05, 4.69) is 16.0 Å². The molecular weight excluding hydrogens is 486 g/mol. The van der Waals surface area contributed by atoms with E-state index in [9.17, 15) is 33.9 Å². The Morgan fingerprint density at radius 3 is 1.70 bits per heavy atom. The predicted molar refractivity (Wildman–Crippen MR) is 132 cm³/mol. The van der Waals surface area contributed by atoms with Crippen LogP contribution in [0.4, 0.5) is 0 Å². The number of unbranched alkanes of at least 4 members (excludes halogenated alkanes) is 1. The Kier molecular flexibility index (Phi) is 13.3. The fourth-order valence-corrected chi connectivity index (χ4v) is 3.33. The molecule has 1 aromatic carbocycles. The molecule has 0 heterocycles. The van der Waals surface area contributed by atoms with Gasteiger partial charge in [0, 0.05) is 6.42 Å². The summed E-state index contributed by atoms with van der Waals surface area (Å²) in [5.41, 5.74) is 22.2. The first-order chi connectivity index (χ1) is 17.4. The van der Waals surface area contributed by atoms with E-state index in [4.69, 9.17) is 22.9 Å². The van der Waals surface area contributed by atoms with Crippen LogP contribution in [-0.2, 0) is 35.2 Å². The molecule has 0 aliphatic heterocycles. The van der Waals surface area contributed by atoms with Crippen molar-refractivity contribution < 1.29 is 33.9 Å². The van der Waals surface area contributed by atoms with Crippen molar-refractivity contribution in [1.82, 2.24) is 16.0 Å². The lowest BCUT2D eigenvalue weighted by Gasteiger charge is -2.24. The van der Waals surface area contributed by atoms with E-state index >= 15 is 0 Å². The topological polar surface area (TPSA) is 263 Å². The van der Waals surface area contributed by atoms with Gasteiger partial charge in [0.1, 0.15) is 18.1 Å². The maximum Gasteiger partial charge on any atom is 0.326 e. The summed E-state index contributed by atoms with van der Waals surface area (Å²) in [5, 5.41) is 16.4. The maximum atomic E-state index is 12.9. The number of hydrogen-bond donors (Lipinski definition) is 8. The Hall–Kier alpha value is -4.04. The van der Waals surface area contributed by atoms with E-state index < -0.39 is 72.5 Å². The van der Waals surface area contributed by atoms with Crippen LogP contribution in [-0.4, -0.2) is 71.3 Å². The summed E-state index contributed by atoms with van der Waals surface area (Å²) < 4.78 is 0. The number of aliphatic carboxylic acids is 1. The van der Waals surface area contributed by atoms with Crippen LogP contribution in [0.1, 0.15) is 37.7 Å². The van der Waals surface area contributed by atoms with Crippen molar-refractivity contribution in [2.45, 2.75) is 62.7 Å². The fourth-order valence-electron chi connectivity index (χ4n) is 3.33. The number of benzene rings is 1. The summed E-state index contributed by atoms with van der Waals surface area (Å²) in [5.74, 6) is -5.99. The molecule has 14 heteroatoms. The summed E-state index contributed by atoms with van der Waals surface area (Å²) in [6.45, 7) is 0.415. The second kappa shape index (κ2) is 15.9. The van der Waals surface area contributed by atoms with Crippen molar-refractivity contribution in [3.63, 3.8) is 0 Å². The van der Waals surface area contributed by atoms with Gasteiger partial charge in [-0.25, -0.2) is 4.79 Å². The highest BCUT2D eigenvalue weighted by molar-refractivity contribution is 5.97. The van der Waals surface area contributed by atoms with Crippen LogP contribution < -0.4 is 38.9 Å². The molecular formula is C23H35N7O7. The minimum atomic E-state index is -1.59. The van der Waals surface area contributed by atoms with E-state index in [1.807, 2.05) is 0 Å². The number of nitrogens with two attached hydrogens (primary N) is 4. The summed E-state index contributed by atoms with van der Waals surface area (Å²) >= 11 is 0. The molecule has 4 unspecified atom stereocenters. The summed E-state index contributed by atoms with van der Waals surface area (Å²) in [7, 11) is 0. The molecule has 0 saturated carbocycles. The van der Waals surface area contributed by atoms with Crippen molar-refractivity contribution in [2.24, 2.45) is 22.9 Å². The molecule has 1 rings (SSSR count). The molecule has 37 heavy (non-hydrogen) atoms. The van der Waals surface area contributed by atoms with Gasteiger partial charge in [-0.05, 0) is 24.9 Å². The molecule has 0 fully saturated rings. The molecule has 0 spiro atoms. The number of carbonyl (C=O) groups is 6. The van der Waals surface area contributed by atoms with Crippen molar-refractivity contribution in [3.05, 3.63) is 35.9 Å².